The zero-order chi connectivity index (χ0) is 26.2. The molecule has 0 aromatic heterocycles. The number of benzene rings is 2. The third kappa shape index (κ3) is 3.96. The van der Waals surface area contributed by atoms with E-state index in [-0.39, 0.29) is 25.7 Å². The lowest BCUT2D eigenvalue weighted by atomic mass is 9.58. The van der Waals surface area contributed by atoms with Crippen LogP contribution in [0.2, 0.25) is 0 Å². The van der Waals surface area contributed by atoms with Gasteiger partial charge >= 0.3 is 18.9 Å². The van der Waals surface area contributed by atoms with E-state index in [1.54, 1.807) is 0 Å². The lowest BCUT2D eigenvalue weighted by Gasteiger charge is -2.36. The topological polar surface area (TPSA) is 84.9 Å². The second kappa shape index (κ2) is 9.99. The maximum absolute atomic E-state index is 13.1. The van der Waals surface area contributed by atoms with Gasteiger partial charge in [-0.1, -0.05) is 31.9 Å². The van der Waals surface area contributed by atoms with Crippen molar-refractivity contribution in [2.45, 2.75) is 59.3 Å². The average molecular weight is 490 g/mol. The second-order valence-electron chi connectivity index (χ2n) is 9.98. The molecule has 1 amide bonds. The van der Waals surface area contributed by atoms with E-state index in [4.69, 9.17) is 9.47 Å². The van der Waals surface area contributed by atoms with E-state index in [9.17, 15) is 14.4 Å². The van der Waals surface area contributed by atoms with Gasteiger partial charge in [-0.15, -0.1) is 0 Å². The number of fused-ring (bicyclic) bond motifs is 2. The first-order chi connectivity index (χ1) is 17.2. The van der Waals surface area contributed by atoms with Gasteiger partial charge in [-0.05, 0) is 79.1 Å². The molecule has 8 heteroatoms. The summed E-state index contributed by atoms with van der Waals surface area (Å²) in [6, 6.07) is 7.61. The number of ether oxygens (including phenoxy) is 2. The Balaban J connectivity index is 1.90. The number of para-hydroxylation sites is 1. The standard InChI is InChI=1S/C28H35BN2O5/c1-7-8-9-12-19-17(2)21-15-28(26(33)35-5,27(34)36-6)16-22(21)18(3)24(19)29-30-25(32)20-13-10-11-14-23(20)31(29)4/h10-11,13-14H,7-9,12,15-16H2,1-6H3,(H,30,32). The number of hydrogen-bond acceptors (Lipinski definition) is 6. The fraction of sp³-hybridized carbons (Fsp3) is 0.464. The Labute approximate surface area is 213 Å². The molecule has 4 rings (SSSR count). The zero-order valence-corrected chi connectivity index (χ0v) is 22.1. The monoisotopic (exact) mass is 490 g/mol. The molecule has 1 aliphatic carbocycles. The number of anilines is 1. The molecule has 0 radical (unpaired) electrons. The van der Waals surface area contributed by atoms with Crippen LogP contribution in [0, 0.1) is 19.3 Å². The molecule has 36 heavy (non-hydrogen) atoms. The van der Waals surface area contributed by atoms with Crippen LogP contribution in [0.5, 0.6) is 0 Å². The first-order valence-corrected chi connectivity index (χ1v) is 12.6. The minimum atomic E-state index is -1.39. The smallest absolute Gasteiger partial charge is 0.411 e. The highest BCUT2D eigenvalue weighted by molar-refractivity contribution is 6.78. The predicted octanol–water partition coefficient (Wildman–Crippen LogP) is 3.04. The summed E-state index contributed by atoms with van der Waals surface area (Å²) in [5.74, 6) is -1.25. The highest BCUT2D eigenvalue weighted by atomic mass is 16.5. The van der Waals surface area contributed by atoms with Gasteiger partial charge in [0.2, 0.25) is 5.91 Å². The molecule has 190 valence electrons. The van der Waals surface area contributed by atoms with Crippen molar-refractivity contribution >= 4 is 36.0 Å². The van der Waals surface area contributed by atoms with Crippen molar-refractivity contribution in [3.63, 3.8) is 0 Å². The lowest BCUT2D eigenvalue weighted by molar-refractivity contribution is -0.168. The summed E-state index contributed by atoms with van der Waals surface area (Å²) in [7, 11) is 4.61. The first kappa shape index (κ1) is 25.8. The Hall–Kier alpha value is -3.29. The van der Waals surface area contributed by atoms with Crippen molar-refractivity contribution in [1.82, 2.24) is 5.23 Å². The molecule has 2 aromatic rings. The fourth-order valence-corrected chi connectivity index (χ4v) is 6.05. The molecule has 0 saturated heterocycles. The molecule has 2 aromatic carbocycles. The average Bonchev–Trinajstić information content (AvgIpc) is 3.31. The van der Waals surface area contributed by atoms with Crippen LogP contribution in [0.3, 0.4) is 0 Å². The molecule has 0 saturated carbocycles. The summed E-state index contributed by atoms with van der Waals surface area (Å²) in [5.41, 5.74) is 6.44. The third-order valence-electron chi connectivity index (χ3n) is 8.05. The van der Waals surface area contributed by atoms with Crippen molar-refractivity contribution in [2.75, 3.05) is 26.1 Å². The van der Waals surface area contributed by atoms with Gasteiger partial charge in [-0.3, -0.25) is 14.4 Å². The van der Waals surface area contributed by atoms with Gasteiger partial charge in [-0.25, -0.2) is 0 Å². The van der Waals surface area contributed by atoms with E-state index in [1.165, 1.54) is 19.8 Å². The van der Waals surface area contributed by atoms with Crippen LogP contribution < -0.4 is 15.5 Å². The van der Waals surface area contributed by atoms with Crippen LogP contribution in [0.4, 0.5) is 5.69 Å². The molecule has 1 N–H and O–H groups in total. The van der Waals surface area contributed by atoms with E-state index < -0.39 is 17.4 Å². The second-order valence-corrected chi connectivity index (χ2v) is 9.98. The van der Waals surface area contributed by atoms with Crippen molar-refractivity contribution < 1.29 is 23.9 Å². The molecule has 0 fully saturated rings. The van der Waals surface area contributed by atoms with E-state index >= 15 is 0 Å². The summed E-state index contributed by atoms with van der Waals surface area (Å²) >= 11 is 0. The van der Waals surface area contributed by atoms with E-state index in [1.807, 2.05) is 38.2 Å². The predicted molar refractivity (Wildman–Crippen MR) is 141 cm³/mol. The number of nitrogens with zero attached hydrogens (tertiary/aromatic N) is 1. The fourth-order valence-electron chi connectivity index (χ4n) is 6.05. The SMILES string of the molecule is CCCCCc1c(C)c2c(c(C)c1B1NC(=O)c3ccccc3N1C)CC(C(=O)OC)(C(=O)OC)C2. The Kier molecular flexibility index (Phi) is 7.16. The number of unbranched alkanes of at least 4 members (excludes halogenated alkanes) is 2. The van der Waals surface area contributed by atoms with Crippen molar-refractivity contribution in [2.24, 2.45) is 5.41 Å². The summed E-state index contributed by atoms with van der Waals surface area (Å²) in [4.78, 5) is 41.1. The first-order valence-electron chi connectivity index (χ1n) is 12.6. The Morgan fingerprint density at radius 1 is 1.03 bits per heavy atom. The molecular formula is C28H35BN2O5. The van der Waals surface area contributed by atoms with Crippen LogP contribution in [0.25, 0.3) is 0 Å². The lowest BCUT2D eigenvalue weighted by Crippen LogP contribution is -2.63. The summed E-state index contributed by atoms with van der Waals surface area (Å²) in [6.45, 7) is 5.93. The maximum atomic E-state index is 13.1. The van der Waals surface area contributed by atoms with Gasteiger partial charge < -0.3 is 19.5 Å². The highest BCUT2D eigenvalue weighted by Crippen LogP contribution is 2.43. The zero-order valence-electron chi connectivity index (χ0n) is 22.1. The number of esters is 2. The molecule has 1 aliphatic heterocycles. The number of carbonyl (C=O) groups excluding carboxylic acids is 3. The van der Waals surface area contributed by atoms with Gasteiger partial charge in [0.25, 0.3) is 0 Å². The molecule has 7 nitrogen and oxygen atoms in total. The van der Waals surface area contributed by atoms with Crippen LogP contribution in [0.15, 0.2) is 24.3 Å². The molecule has 1 heterocycles. The van der Waals surface area contributed by atoms with Gasteiger partial charge in [0.15, 0.2) is 5.41 Å². The highest BCUT2D eigenvalue weighted by Gasteiger charge is 2.54. The molecule has 2 aliphatic rings. The summed E-state index contributed by atoms with van der Waals surface area (Å²) < 4.78 is 10.2. The third-order valence-corrected chi connectivity index (χ3v) is 8.05. The number of rotatable bonds is 7. The van der Waals surface area contributed by atoms with Crippen molar-refractivity contribution in [3.8, 4) is 0 Å². The van der Waals surface area contributed by atoms with Gasteiger partial charge in [0, 0.05) is 18.5 Å². The number of hydrogen-bond donors (Lipinski definition) is 1. The van der Waals surface area contributed by atoms with Crippen LogP contribution in [0.1, 0.15) is 64.4 Å². The molecule has 0 unspecified atom stereocenters. The summed E-state index contributed by atoms with van der Waals surface area (Å²) in [6.07, 6.45) is 4.54. The van der Waals surface area contributed by atoms with Crippen LogP contribution in [-0.2, 0) is 38.3 Å². The quantitative estimate of drug-likeness (QED) is 0.278. The normalized spacial score (nSPS) is 15.8. The van der Waals surface area contributed by atoms with E-state index in [0.29, 0.717) is 5.56 Å². The van der Waals surface area contributed by atoms with Gasteiger partial charge in [0.05, 0.1) is 19.8 Å². The Bertz CT molecular complexity index is 1210. The van der Waals surface area contributed by atoms with E-state index in [0.717, 1.165) is 59.1 Å². The molecule has 0 bridgehead atoms. The van der Waals surface area contributed by atoms with Gasteiger partial charge in [-0.2, -0.15) is 0 Å². The summed E-state index contributed by atoms with van der Waals surface area (Å²) in [5, 5.41) is 3.22. The minimum absolute atomic E-state index is 0.107. The van der Waals surface area contributed by atoms with Crippen LogP contribution >= 0.6 is 0 Å². The van der Waals surface area contributed by atoms with Crippen LogP contribution in [-0.4, -0.2) is 46.1 Å². The largest absolute Gasteiger partial charge is 0.468 e. The maximum Gasteiger partial charge on any atom is 0.411 e. The van der Waals surface area contributed by atoms with Gasteiger partial charge in [0.1, 0.15) is 0 Å². The number of methoxy groups -OCH3 is 2. The number of nitrogens with one attached hydrogen (secondary N) is 1. The molecular weight excluding hydrogens is 455 g/mol. The van der Waals surface area contributed by atoms with Crippen molar-refractivity contribution in [3.05, 3.63) is 57.6 Å². The van der Waals surface area contributed by atoms with Crippen molar-refractivity contribution in [1.29, 1.82) is 0 Å². The number of amides is 1. The number of carbonyl (C=O) groups is 3. The Morgan fingerprint density at radius 3 is 2.25 bits per heavy atom. The Morgan fingerprint density at radius 2 is 1.64 bits per heavy atom. The van der Waals surface area contributed by atoms with E-state index in [2.05, 4.69) is 23.9 Å². The minimum Gasteiger partial charge on any atom is -0.468 e. The molecule has 0 atom stereocenters. The molecule has 0 spiro atoms.